The zero-order valence-corrected chi connectivity index (χ0v) is 20.3. The van der Waals surface area contributed by atoms with E-state index in [4.69, 9.17) is 9.72 Å². The summed E-state index contributed by atoms with van der Waals surface area (Å²) in [4.78, 5) is 17.9. The number of para-hydroxylation sites is 1. The van der Waals surface area contributed by atoms with Crippen molar-refractivity contribution in [3.05, 3.63) is 90.0 Å². The van der Waals surface area contributed by atoms with Gasteiger partial charge in [0.1, 0.15) is 5.75 Å². The quantitative estimate of drug-likeness (QED) is 0.295. The minimum atomic E-state index is -3.36. The number of aromatic nitrogens is 1. The summed E-state index contributed by atoms with van der Waals surface area (Å²) in [7, 11) is -1.75. The lowest BCUT2D eigenvalue weighted by molar-refractivity contribution is 0.0956. The van der Waals surface area contributed by atoms with E-state index in [1.54, 1.807) is 44.4 Å². The van der Waals surface area contributed by atoms with Crippen molar-refractivity contribution in [3.63, 3.8) is 0 Å². The predicted molar refractivity (Wildman–Crippen MR) is 138 cm³/mol. The molecule has 1 amide bonds. The number of anilines is 1. The minimum Gasteiger partial charge on any atom is -0.497 e. The Morgan fingerprint density at radius 1 is 0.971 bits per heavy atom. The van der Waals surface area contributed by atoms with E-state index in [2.05, 4.69) is 15.2 Å². The first kappa shape index (κ1) is 23.9. The van der Waals surface area contributed by atoms with Crippen LogP contribution < -0.4 is 14.9 Å². The molecule has 0 spiro atoms. The van der Waals surface area contributed by atoms with Crippen molar-refractivity contribution in [3.8, 4) is 17.0 Å². The highest BCUT2D eigenvalue weighted by molar-refractivity contribution is 7.92. The van der Waals surface area contributed by atoms with Gasteiger partial charge >= 0.3 is 0 Å². The summed E-state index contributed by atoms with van der Waals surface area (Å²) in [6.07, 6.45) is 1.09. The number of carbonyl (C=O) groups excluding carboxylic acids is 1. The number of amides is 1. The van der Waals surface area contributed by atoms with Crippen LogP contribution in [0.2, 0.25) is 0 Å². The number of ether oxygens (including phenoxy) is 1. The van der Waals surface area contributed by atoms with E-state index in [0.717, 1.165) is 23.1 Å². The molecule has 0 saturated carbocycles. The standard InChI is InChI=1S/C26H24N4O4S/c1-17(18-8-12-20(13-9-18)30-35(3,32)33)28-29-26(31)23-16-25(19-10-14-21(34-2)15-11-19)27-24-7-5-4-6-22(23)24/h4-16,30H,1-3H3,(H,29,31)/b28-17+. The highest BCUT2D eigenvalue weighted by Crippen LogP contribution is 2.26. The minimum absolute atomic E-state index is 0.368. The summed E-state index contributed by atoms with van der Waals surface area (Å²) in [5.41, 5.74) is 7.04. The smallest absolute Gasteiger partial charge is 0.272 e. The first-order valence-corrected chi connectivity index (χ1v) is 12.6. The first-order valence-electron chi connectivity index (χ1n) is 10.7. The largest absolute Gasteiger partial charge is 0.497 e. The third kappa shape index (κ3) is 5.82. The number of nitrogens with one attached hydrogen (secondary N) is 2. The van der Waals surface area contributed by atoms with E-state index in [1.165, 1.54) is 0 Å². The van der Waals surface area contributed by atoms with Gasteiger partial charge in [-0.1, -0.05) is 30.3 Å². The number of fused-ring (bicyclic) bond motifs is 1. The summed E-state index contributed by atoms with van der Waals surface area (Å²) >= 11 is 0. The van der Waals surface area contributed by atoms with Gasteiger partial charge in [0.25, 0.3) is 5.91 Å². The Hall–Kier alpha value is -4.24. The maximum absolute atomic E-state index is 13.1. The van der Waals surface area contributed by atoms with Crippen molar-refractivity contribution in [1.29, 1.82) is 0 Å². The number of rotatable bonds is 7. The van der Waals surface area contributed by atoms with Crippen LogP contribution in [0, 0.1) is 0 Å². The first-order chi connectivity index (χ1) is 16.7. The van der Waals surface area contributed by atoms with E-state index in [1.807, 2.05) is 48.5 Å². The van der Waals surface area contributed by atoms with Crippen LogP contribution in [0.25, 0.3) is 22.2 Å². The van der Waals surface area contributed by atoms with Crippen LogP contribution in [0.3, 0.4) is 0 Å². The van der Waals surface area contributed by atoms with Crippen LogP contribution in [0.15, 0.2) is 84.0 Å². The maximum atomic E-state index is 13.1. The lowest BCUT2D eigenvalue weighted by Gasteiger charge is -2.10. The highest BCUT2D eigenvalue weighted by atomic mass is 32.2. The molecular weight excluding hydrogens is 464 g/mol. The molecule has 0 radical (unpaired) electrons. The summed E-state index contributed by atoms with van der Waals surface area (Å²) in [6.45, 7) is 1.76. The zero-order valence-electron chi connectivity index (χ0n) is 19.4. The normalized spacial score (nSPS) is 11.8. The Kier molecular flexibility index (Phi) is 6.79. The second-order valence-electron chi connectivity index (χ2n) is 7.89. The molecule has 9 heteroatoms. The lowest BCUT2D eigenvalue weighted by atomic mass is 10.0. The van der Waals surface area contributed by atoms with Gasteiger partial charge in [-0.15, -0.1) is 0 Å². The van der Waals surface area contributed by atoms with Gasteiger partial charge in [-0.25, -0.2) is 18.8 Å². The molecule has 3 aromatic carbocycles. The lowest BCUT2D eigenvalue weighted by Crippen LogP contribution is -2.20. The molecule has 0 aliphatic rings. The molecule has 0 atom stereocenters. The number of methoxy groups -OCH3 is 1. The number of carbonyl (C=O) groups is 1. The van der Waals surface area contributed by atoms with Crippen molar-refractivity contribution >= 4 is 38.2 Å². The molecule has 0 aliphatic heterocycles. The molecule has 1 heterocycles. The zero-order chi connectivity index (χ0) is 25.0. The molecule has 0 unspecified atom stereocenters. The second-order valence-corrected chi connectivity index (χ2v) is 9.64. The van der Waals surface area contributed by atoms with E-state index in [-0.39, 0.29) is 5.91 Å². The Morgan fingerprint density at radius 2 is 1.66 bits per heavy atom. The van der Waals surface area contributed by atoms with Gasteiger partial charge in [0, 0.05) is 16.6 Å². The summed E-state index contributed by atoms with van der Waals surface area (Å²) in [6, 6.07) is 23.4. The Morgan fingerprint density at radius 3 is 2.31 bits per heavy atom. The van der Waals surface area contributed by atoms with Crippen LogP contribution in [-0.2, 0) is 10.0 Å². The van der Waals surface area contributed by atoms with Gasteiger partial charge < -0.3 is 4.74 Å². The molecule has 8 nitrogen and oxygen atoms in total. The molecule has 0 saturated heterocycles. The van der Waals surface area contributed by atoms with Crippen molar-refractivity contribution in [2.45, 2.75) is 6.92 Å². The number of sulfonamides is 1. The van der Waals surface area contributed by atoms with Gasteiger partial charge in [0.15, 0.2) is 0 Å². The highest BCUT2D eigenvalue weighted by Gasteiger charge is 2.14. The molecule has 4 aromatic rings. The monoisotopic (exact) mass is 488 g/mol. The number of hydrogen-bond acceptors (Lipinski definition) is 6. The second kappa shape index (κ2) is 9.94. The molecule has 1 aromatic heterocycles. The number of hydrogen-bond donors (Lipinski definition) is 2. The van der Waals surface area contributed by atoms with Gasteiger partial charge in [-0.3, -0.25) is 9.52 Å². The van der Waals surface area contributed by atoms with Crippen LogP contribution in [0.1, 0.15) is 22.8 Å². The fourth-order valence-corrected chi connectivity index (χ4v) is 4.09. The van der Waals surface area contributed by atoms with E-state index < -0.39 is 10.0 Å². The average molecular weight is 489 g/mol. The third-order valence-electron chi connectivity index (χ3n) is 5.28. The molecule has 0 aliphatic carbocycles. The molecule has 0 bridgehead atoms. The summed E-state index contributed by atoms with van der Waals surface area (Å²) in [5, 5.41) is 4.96. The van der Waals surface area contributed by atoms with Crippen molar-refractivity contribution < 1.29 is 17.9 Å². The molecule has 178 valence electrons. The van der Waals surface area contributed by atoms with Crippen molar-refractivity contribution in [1.82, 2.24) is 10.4 Å². The average Bonchev–Trinajstić information content (AvgIpc) is 2.86. The topological polar surface area (TPSA) is 110 Å². The summed E-state index contributed by atoms with van der Waals surface area (Å²) in [5.74, 6) is 0.366. The molecule has 4 rings (SSSR count). The van der Waals surface area contributed by atoms with Crippen LogP contribution in [-0.4, -0.2) is 38.4 Å². The molecular formula is C26H24N4O4S. The van der Waals surface area contributed by atoms with E-state index >= 15 is 0 Å². The van der Waals surface area contributed by atoms with Crippen molar-refractivity contribution in [2.24, 2.45) is 5.10 Å². The molecule has 0 fully saturated rings. The fraction of sp³-hybridized carbons (Fsp3) is 0.115. The third-order valence-corrected chi connectivity index (χ3v) is 5.88. The fourth-order valence-electron chi connectivity index (χ4n) is 3.53. The molecule has 2 N–H and O–H groups in total. The number of hydrazone groups is 1. The Bertz CT molecular complexity index is 1510. The van der Waals surface area contributed by atoms with Gasteiger partial charge in [-0.2, -0.15) is 5.10 Å². The van der Waals surface area contributed by atoms with Crippen LogP contribution in [0.4, 0.5) is 5.69 Å². The maximum Gasteiger partial charge on any atom is 0.272 e. The predicted octanol–water partition coefficient (Wildman–Crippen LogP) is 4.44. The summed E-state index contributed by atoms with van der Waals surface area (Å²) < 4.78 is 30.4. The van der Waals surface area contributed by atoms with Gasteiger partial charge in [0.05, 0.1) is 35.9 Å². The van der Waals surface area contributed by atoms with E-state index in [9.17, 15) is 13.2 Å². The van der Waals surface area contributed by atoms with Gasteiger partial charge in [-0.05, 0) is 61.0 Å². The van der Waals surface area contributed by atoms with Crippen molar-refractivity contribution in [2.75, 3.05) is 18.1 Å². The molecule has 35 heavy (non-hydrogen) atoms. The number of nitrogens with zero attached hydrogens (tertiary/aromatic N) is 2. The number of benzene rings is 3. The van der Waals surface area contributed by atoms with Crippen LogP contribution >= 0.6 is 0 Å². The number of pyridine rings is 1. The Balaban J connectivity index is 1.61. The SMILES string of the molecule is COc1ccc(-c2cc(C(=O)N/N=C(\C)c3ccc(NS(C)(=O)=O)cc3)c3ccccc3n2)cc1. The van der Waals surface area contributed by atoms with Gasteiger partial charge in [0.2, 0.25) is 10.0 Å². The van der Waals surface area contributed by atoms with Crippen LogP contribution in [0.5, 0.6) is 5.75 Å². The Labute approximate surface area is 203 Å². The van der Waals surface area contributed by atoms with E-state index in [0.29, 0.717) is 33.6 Å².